The van der Waals surface area contributed by atoms with Gasteiger partial charge >= 0.3 is 12.0 Å². The maximum Gasteiger partial charge on any atom is 0.320 e. The summed E-state index contributed by atoms with van der Waals surface area (Å²) in [6.07, 6.45) is 5.18. The third kappa shape index (κ3) is 13.2. The van der Waals surface area contributed by atoms with Gasteiger partial charge in [-0.1, -0.05) is 6.42 Å². The summed E-state index contributed by atoms with van der Waals surface area (Å²) in [6, 6.07) is -0.406. The topological polar surface area (TPSA) is 186 Å². The zero-order valence-corrected chi connectivity index (χ0v) is 21.3. The summed E-state index contributed by atoms with van der Waals surface area (Å²) >= 11 is 1.89. The predicted octanol–water partition coefficient (Wildman–Crippen LogP) is -0.238. The number of carboxylic acids is 1. The number of carboxylic acid groups (broad SMARTS) is 1. The van der Waals surface area contributed by atoms with Crippen molar-refractivity contribution in [2.24, 2.45) is 17.2 Å². The molecule has 12 heteroatoms. The average molecular weight is 643 g/mol. The maximum atomic E-state index is 11.8. The summed E-state index contributed by atoms with van der Waals surface area (Å²) in [4.78, 5) is 33.7. The van der Waals surface area contributed by atoms with Crippen LogP contribution in [0.25, 0.3) is 0 Å². The molecule has 0 aromatic rings. The van der Waals surface area contributed by atoms with Crippen molar-refractivity contribution in [3.05, 3.63) is 7.43 Å². The fraction of sp³-hybridized carbons (Fsp3) is 0.789. The number of urea groups is 1. The maximum absolute atomic E-state index is 11.8. The molecule has 0 aliphatic carbocycles. The van der Waals surface area contributed by atoms with Crippen LogP contribution in [0.2, 0.25) is 0 Å². The first-order valence-electron chi connectivity index (χ1n) is 10.2. The van der Waals surface area contributed by atoms with E-state index in [-0.39, 0.29) is 52.5 Å². The molecule has 3 amide bonds. The molecule has 2 saturated heterocycles. The van der Waals surface area contributed by atoms with Crippen LogP contribution in [-0.4, -0.2) is 71.8 Å². The molecule has 0 spiro atoms. The van der Waals surface area contributed by atoms with Gasteiger partial charge in [-0.3, -0.25) is 9.59 Å². The van der Waals surface area contributed by atoms with Crippen LogP contribution in [0.5, 0.6) is 0 Å². The zero-order chi connectivity index (χ0) is 21.6. The minimum Gasteiger partial charge on any atom is -0.480 e. The molecule has 2 rings (SSSR count). The van der Waals surface area contributed by atoms with Gasteiger partial charge in [-0.2, -0.15) is 11.8 Å². The number of amides is 3. The van der Waals surface area contributed by atoms with Crippen LogP contribution in [0.1, 0.15) is 44.9 Å². The van der Waals surface area contributed by atoms with Crippen LogP contribution in [0, 0.1) is 7.43 Å². The molecule has 0 radical (unpaired) electrons. The summed E-state index contributed by atoms with van der Waals surface area (Å²) in [6.45, 7) is 1.76. The molecular weight excluding hydrogens is 603 g/mol. The number of carbonyl (C=O) groups is 3. The van der Waals surface area contributed by atoms with Gasteiger partial charge in [0.2, 0.25) is 5.91 Å². The van der Waals surface area contributed by atoms with Gasteiger partial charge in [0.05, 0.1) is 12.1 Å². The van der Waals surface area contributed by atoms with Gasteiger partial charge < -0.3 is 38.3 Å². The number of rotatable bonds is 12. The Hall–Kier alpha value is -1.00. The summed E-state index contributed by atoms with van der Waals surface area (Å²) < 4.78 is 0. The number of aliphatic carboxylic acids is 1. The fourth-order valence-corrected chi connectivity index (χ4v) is 4.75. The van der Waals surface area contributed by atoms with E-state index in [0.29, 0.717) is 44.1 Å². The minimum absolute atomic E-state index is 0. The molecule has 2 unspecified atom stereocenters. The zero-order valence-electron chi connectivity index (χ0n) is 18.2. The third-order valence-electron chi connectivity index (χ3n) is 4.83. The van der Waals surface area contributed by atoms with E-state index < -0.39 is 12.0 Å². The van der Waals surface area contributed by atoms with Crippen molar-refractivity contribution in [3.63, 3.8) is 0 Å². The second-order valence-electron chi connectivity index (χ2n) is 7.24. The molecule has 184 valence electrons. The molecule has 10 nitrogen and oxygen atoms in total. The van der Waals surface area contributed by atoms with E-state index in [2.05, 4.69) is 16.0 Å². The molecule has 0 bridgehead atoms. The Labute approximate surface area is 204 Å². The van der Waals surface area contributed by atoms with Gasteiger partial charge in [0.15, 0.2) is 0 Å². The Balaban J connectivity index is 0. The molecule has 2 aliphatic rings. The van der Waals surface area contributed by atoms with E-state index >= 15 is 0 Å². The van der Waals surface area contributed by atoms with Crippen molar-refractivity contribution in [3.8, 4) is 0 Å². The van der Waals surface area contributed by atoms with Crippen molar-refractivity contribution in [2.75, 3.05) is 25.4 Å². The Bertz CT molecular complexity index is 530. The van der Waals surface area contributed by atoms with Crippen LogP contribution < -0.4 is 33.2 Å². The second-order valence-corrected chi connectivity index (χ2v) is 8.51. The molecule has 31 heavy (non-hydrogen) atoms. The third-order valence-corrected chi connectivity index (χ3v) is 6.34. The summed E-state index contributed by atoms with van der Waals surface area (Å²) in [5.41, 5.74) is 15.2. The van der Waals surface area contributed by atoms with Crippen molar-refractivity contribution in [1.29, 1.82) is 0 Å². The molecule has 0 aromatic heterocycles. The molecule has 0 saturated carbocycles. The average Bonchev–Trinajstić information content (AvgIpc) is 3.24. The van der Waals surface area contributed by atoms with Gasteiger partial charge in [-0.25, -0.2) is 4.79 Å². The quantitative estimate of drug-likeness (QED) is 0.0864. The summed E-state index contributed by atoms with van der Waals surface area (Å²) in [5.74, 6) is 0.0131. The Morgan fingerprint density at radius 3 is 2.45 bits per heavy atom. The van der Waals surface area contributed by atoms with E-state index in [1.165, 1.54) is 0 Å². The normalized spacial score (nSPS) is 21.8. The van der Waals surface area contributed by atoms with Crippen LogP contribution in [0.4, 0.5) is 4.79 Å². The van der Waals surface area contributed by atoms with Gasteiger partial charge in [0.1, 0.15) is 6.04 Å². The van der Waals surface area contributed by atoms with Crippen LogP contribution >= 0.6 is 11.8 Å². The monoisotopic (exact) mass is 642 g/mol. The van der Waals surface area contributed by atoms with E-state index in [1.807, 2.05) is 11.8 Å². The predicted molar refractivity (Wildman–Crippen MR) is 121 cm³/mol. The Morgan fingerprint density at radius 2 is 1.84 bits per heavy atom. The molecular formula is C19H39N6O4PtS+. The number of nitrogens with one attached hydrogen (secondary N) is 3. The molecule has 2 aliphatic heterocycles. The molecule has 4 atom stereocenters. The second kappa shape index (κ2) is 18.6. The Morgan fingerprint density at radius 1 is 1.16 bits per heavy atom. The van der Waals surface area contributed by atoms with Crippen LogP contribution in [-0.2, 0) is 30.7 Å². The van der Waals surface area contributed by atoms with E-state index in [1.54, 1.807) is 0 Å². The number of nitrogens with two attached hydrogens (primary N) is 3. The van der Waals surface area contributed by atoms with Crippen molar-refractivity contribution in [1.82, 2.24) is 16.0 Å². The van der Waals surface area contributed by atoms with Gasteiger partial charge in [-0.05, 0) is 32.1 Å². The minimum atomic E-state index is -0.983. The van der Waals surface area contributed by atoms with Gasteiger partial charge in [0, 0.05) is 65.5 Å². The summed E-state index contributed by atoms with van der Waals surface area (Å²) in [5, 5.41) is 17.9. The van der Waals surface area contributed by atoms with E-state index in [9.17, 15) is 14.4 Å². The number of carbonyl (C=O) groups excluding carboxylic acids is 2. The SMILES string of the molecule is NC(CCCCNC(=O)CCCCC1SC[C@H]2NC(=O)N[C@@H]12)C(=O)O.NCCN.[CH3+].[Pt]. The standard InChI is InChI=1S/C16H28N4O4S.C2H8N2.CH3.Pt/c17-10(15(22)23)5-3-4-8-18-13(21)7-2-1-6-12-14-11(9-25-12)19-16(24)20-14;3-1-2-4;;/h10-12,14H,1-9,17H2,(H,18,21)(H,22,23)(H2,19,20,24);1-4H2;1H3;/q;;+1;/t10?,11-,12?,14-;;;/m1.../s1. The molecule has 2 heterocycles. The smallest absolute Gasteiger partial charge is 0.320 e. The summed E-state index contributed by atoms with van der Waals surface area (Å²) in [7, 11) is 0. The van der Waals surface area contributed by atoms with Gasteiger partial charge in [0.25, 0.3) is 0 Å². The Kier molecular flexibility index (Phi) is 19.3. The fourth-order valence-electron chi connectivity index (χ4n) is 3.20. The molecule has 0 aromatic carbocycles. The van der Waals surface area contributed by atoms with Crippen LogP contribution in [0.15, 0.2) is 0 Å². The van der Waals surface area contributed by atoms with Crippen molar-refractivity contribution >= 4 is 29.7 Å². The largest absolute Gasteiger partial charge is 0.480 e. The number of hydrogen-bond donors (Lipinski definition) is 7. The van der Waals surface area contributed by atoms with Gasteiger partial charge in [-0.15, -0.1) is 0 Å². The molecule has 2 fully saturated rings. The van der Waals surface area contributed by atoms with E-state index in [4.69, 9.17) is 22.3 Å². The van der Waals surface area contributed by atoms with Crippen LogP contribution in [0.3, 0.4) is 0 Å². The first kappa shape index (κ1) is 32.2. The number of unbranched alkanes of at least 4 members (excludes halogenated alkanes) is 2. The first-order valence-corrected chi connectivity index (χ1v) is 11.3. The first-order chi connectivity index (χ1) is 13.9. The number of hydrogen-bond acceptors (Lipinski definition) is 7. The van der Waals surface area contributed by atoms with E-state index in [0.717, 1.165) is 31.4 Å². The van der Waals surface area contributed by atoms with Crippen molar-refractivity contribution in [2.45, 2.75) is 68.3 Å². The number of fused-ring (bicyclic) bond motifs is 1. The van der Waals surface area contributed by atoms with Crippen molar-refractivity contribution < 1.29 is 40.6 Å². The number of thioether (sulfide) groups is 1. The molecule has 10 N–H and O–H groups in total.